The smallest absolute Gasteiger partial charge is 0.314 e. The van der Waals surface area contributed by atoms with Crippen LogP contribution in [0.15, 0.2) is 81.9 Å². The van der Waals surface area contributed by atoms with Crippen molar-refractivity contribution in [3.63, 3.8) is 0 Å². The van der Waals surface area contributed by atoms with E-state index in [2.05, 4.69) is 15.5 Å². The predicted octanol–water partition coefficient (Wildman–Crippen LogP) is 5.84. The van der Waals surface area contributed by atoms with Gasteiger partial charge in [0.15, 0.2) is 5.75 Å². The van der Waals surface area contributed by atoms with Crippen molar-refractivity contribution in [2.75, 3.05) is 5.32 Å². The molecular formula is C22H15ClN4NaO7S. The van der Waals surface area contributed by atoms with Gasteiger partial charge in [-0.25, -0.2) is 0 Å². The molecule has 14 heteroatoms. The van der Waals surface area contributed by atoms with Gasteiger partial charge < -0.3 is 15.5 Å². The molecule has 4 aromatic carbocycles. The Morgan fingerprint density at radius 3 is 2.22 bits per heavy atom. The summed E-state index contributed by atoms with van der Waals surface area (Å²) in [6.45, 7) is 0. The molecule has 0 aromatic heterocycles. The normalized spacial score (nSPS) is 11.4. The Kier molecular flexibility index (Phi) is 8.19. The molecule has 0 spiro atoms. The number of phenols is 2. The summed E-state index contributed by atoms with van der Waals surface area (Å²) in [5.74, 6) is -1.27. The Morgan fingerprint density at radius 2 is 1.58 bits per heavy atom. The quantitative estimate of drug-likeness (QED) is 0.0779. The van der Waals surface area contributed by atoms with Gasteiger partial charge in [-0.3, -0.25) is 14.7 Å². The van der Waals surface area contributed by atoms with E-state index in [1.54, 1.807) is 30.3 Å². The van der Waals surface area contributed by atoms with Crippen molar-refractivity contribution in [1.29, 1.82) is 0 Å². The van der Waals surface area contributed by atoms with Crippen LogP contribution in [0, 0.1) is 10.1 Å². The number of halogens is 1. The predicted molar refractivity (Wildman–Crippen MR) is 135 cm³/mol. The summed E-state index contributed by atoms with van der Waals surface area (Å²) in [6.07, 6.45) is 0. The molecule has 36 heavy (non-hydrogen) atoms. The molecular weight excluding hydrogens is 523 g/mol. The molecule has 0 amide bonds. The number of hydrogen-bond acceptors (Lipinski definition) is 9. The van der Waals surface area contributed by atoms with Gasteiger partial charge in [-0.2, -0.15) is 8.42 Å². The van der Waals surface area contributed by atoms with Crippen LogP contribution in [0.1, 0.15) is 0 Å². The molecule has 0 aliphatic rings. The number of azo groups is 1. The summed E-state index contributed by atoms with van der Waals surface area (Å²) in [7, 11) is -4.63. The molecule has 4 N–H and O–H groups in total. The van der Waals surface area contributed by atoms with Crippen LogP contribution in [0.2, 0.25) is 5.02 Å². The number of nitro groups is 1. The minimum atomic E-state index is -4.63. The zero-order valence-electron chi connectivity index (χ0n) is 18.5. The van der Waals surface area contributed by atoms with E-state index in [0.29, 0.717) is 11.4 Å². The molecule has 0 heterocycles. The number of benzene rings is 4. The first-order valence-corrected chi connectivity index (χ1v) is 11.5. The van der Waals surface area contributed by atoms with Crippen molar-refractivity contribution in [1.82, 2.24) is 0 Å². The minimum absolute atomic E-state index is 0. The van der Waals surface area contributed by atoms with E-state index in [0.717, 1.165) is 12.1 Å². The monoisotopic (exact) mass is 537 g/mol. The number of nitrogens with zero attached hydrogens (tertiary/aromatic N) is 3. The summed E-state index contributed by atoms with van der Waals surface area (Å²) in [5, 5.41) is 42.8. The molecule has 4 rings (SSSR count). The van der Waals surface area contributed by atoms with Gasteiger partial charge in [-0.15, -0.1) is 10.2 Å². The molecule has 0 atom stereocenters. The number of rotatable bonds is 6. The summed E-state index contributed by atoms with van der Waals surface area (Å²) < 4.78 is 33.4. The number of nitro benzene ring substituents is 1. The average Bonchev–Trinajstić information content (AvgIpc) is 2.80. The van der Waals surface area contributed by atoms with E-state index in [1.165, 1.54) is 24.3 Å². The maximum atomic E-state index is 11.9. The molecule has 179 valence electrons. The first kappa shape index (κ1) is 27.3. The van der Waals surface area contributed by atoms with Crippen LogP contribution in [0.4, 0.5) is 28.4 Å². The minimum Gasteiger partial charge on any atom is -0.505 e. The van der Waals surface area contributed by atoms with E-state index in [4.69, 9.17) is 11.6 Å². The zero-order chi connectivity index (χ0) is 25.3. The number of nitrogens with one attached hydrogen (secondary N) is 1. The van der Waals surface area contributed by atoms with Crippen molar-refractivity contribution < 1.29 is 28.1 Å². The van der Waals surface area contributed by atoms with E-state index in [-0.39, 0.29) is 56.7 Å². The van der Waals surface area contributed by atoms with Crippen molar-refractivity contribution >= 4 is 90.5 Å². The maximum Gasteiger partial charge on any atom is 0.314 e. The molecule has 0 bridgehead atoms. The largest absolute Gasteiger partial charge is 0.505 e. The molecule has 4 aromatic rings. The van der Waals surface area contributed by atoms with E-state index in [9.17, 15) is 33.3 Å². The summed E-state index contributed by atoms with van der Waals surface area (Å²) >= 11 is 5.86. The van der Waals surface area contributed by atoms with E-state index < -0.39 is 37.1 Å². The number of anilines is 2. The summed E-state index contributed by atoms with van der Waals surface area (Å²) in [4.78, 5) is 9.82. The van der Waals surface area contributed by atoms with Crippen LogP contribution in [0.25, 0.3) is 10.8 Å². The first-order valence-electron chi connectivity index (χ1n) is 9.73. The molecule has 0 saturated heterocycles. The topological polar surface area (TPSA) is 175 Å². The fourth-order valence-electron chi connectivity index (χ4n) is 3.37. The van der Waals surface area contributed by atoms with Crippen LogP contribution in [-0.2, 0) is 10.1 Å². The van der Waals surface area contributed by atoms with Crippen molar-refractivity contribution in [3.8, 4) is 11.5 Å². The van der Waals surface area contributed by atoms with Gasteiger partial charge in [0.1, 0.15) is 16.3 Å². The van der Waals surface area contributed by atoms with E-state index in [1.807, 2.05) is 0 Å². The molecule has 11 nitrogen and oxygen atoms in total. The summed E-state index contributed by atoms with van der Waals surface area (Å²) in [5.41, 5.74) is -0.215. The van der Waals surface area contributed by atoms with Gasteiger partial charge in [0.25, 0.3) is 10.1 Å². The number of para-hydroxylation sites is 1. The van der Waals surface area contributed by atoms with Gasteiger partial charge >= 0.3 is 5.69 Å². The third-order valence-corrected chi connectivity index (χ3v) is 6.05. The third kappa shape index (κ3) is 5.59. The van der Waals surface area contributed by atoms with Crippen LogP contribution >= 0.6 is 11.6 Å². The van der Waals surface area contributed by atoms with E-state index >= 15 is 0 Å². The van der Waals surface area contributed by atoms with Crippen molar-refractivity contribution in [3.05, 3.63) is 81.9 Å². The number of aromatic hydroxyl groups is 2. The molecule has 1 radical (unpaired) electrons. The second-order valence-corrected chi connectivity index (χ2v) is 9.01. The SMILES string of the molecule is O=[N+]([O-])c1cc(Cl)cc(N=Nc2ccc3c(S(=O)(=O)O)ccc(Nc4ccccc4)c3c2O)c1O.[Na]. The van der Waals surface area contributed by atoms with Gasteiger partial charge in [0.2, 0.25) is 5.75 Å². The number of hydrogen-bond donors (Lipinski definition) is 4. The first-order chi connectivity index (χ1) is 16.6. The fourth-order valence-corrected chi connectivity index (χ4v) is 4.27. The van der Waals surface area contributed by atoms with Gasteiger partial charge in [-0.05, 0) is 36.4 Å². The Labute approximate surface area is 231 Å². The molecule has 0 aliphatic carbocycles. The molecule has 0 unspecified atom stereocenters. The Bertz CT molecular complexity index is 1620. The van der Waals surface area contributed by atoms with Crippen LogP contribution in [0.3, 0.4) is 0 Å². The molecule has 0 fully saturated rings. The standard InChI is InChI=1S/C22H15ClN4O7S.Na/c23-12-10-17(21(28)18(11-12)27(30)31)26-25-16-7-6-14-19(35(32,33)34)9-8-15(20(14)22(16)29)24-13-4-2-1-3-5-13;/h1-11,24,28-29H,(H,32,33,34);. The third-order valence-electron chi connectivity index (χ3n) is 4.92. The second kappa shape index (κ2) is 10.8. The van der Waals surface area contributed by atoms with Crippen molar-refractivity contribution in [2.45, 2.75) is 4.90 Å². The number of fused-ring (bicyclic) bond motifs is 1. The maximum absolute atomic E-state index is 11.9. The van der Waals surface area contributed by atoms with Crippen LogP contribution in [-0.4, -0.2) is 57.7 Å². The van der Waals surface area contributed by atoms with Gasteiger partial charge in [0.05, 0.1) is 16.0 Å². The average molecular weight is 538 g/mol. The molecule has 0 aliphatic heterocycles. The fraction of sp³-hybridized carbons (Fsp3) is 0. The Morgan fingerprint density at radius 1 is 0.917 bits per heavy atom. The Hall–Kier alpha value is -3.26. The Balaban J connectivity index is 0.00000361. The zero-order valence-corrected chi connectivity index (χ0v) is 22.0. The van der Waals surface area contributed by atoms with Gasteiger partial charge in [0, 0.05) is 51.7 Å². The summed E-state index contributed by atoms with van der Waals surface area (Å²) in [6, 6.07) is 16.0. The van der Waals surface area contributed by atoms with Crippen molar-refractivity contribution in [2.24, 2.45) is 10.2 Å². The van der Waals surface area contributed by atoms with Crippen LogP contribution < -0.4 is 5.32 Å². The van der Waals surface area contributed by atoms with Gasteiger partial charge in [-0.1, -0.05) is 35.9 Å². The number of phenolic OH excluding ortho intramolecular Hbond substituents is 2. The molecule has 0 saturated carbocycles. The second-order valence-electron chi connectivity index (χ2n) is 7.18. The van der Waals surface area contributed by atoms with Crippen LogP contribution in [0.5, 0.6) is 11.5 Å².